The third-order valence-electron chi connectivity index (χ3n) is 3.20. The molecule has 92 valence electrons. The molecule has 0 fully saturated rings. The van der Waals surface area contributed by atoms with E-state index in [1.165, 1.54) is 63.5 Å². The van der Waals surface area contributed by atoms with E-state index in [2.05, 4.69) is 23.5 Å². The Morgan fingerprint density at radius 3 is 2.19 bits per heavy atom. The normalized spacial score (nSPS) is 10.9. The van der Waals surface area contributed by atoms with Gasteiger partial charge in [0.25, 0.3) is 0 Å². The minimum atomic E-state index is 1.19. The SMILES string of the molecule is CCCCCCCCCCc1cncn1C. The Morgan fingerprint density at radius 1 is 1.00 bits per heavy atom. The standard InChI is InChI=1S/C14H26N2/c1-3-4-5-6-7-8-9-10-11-14-12-15-13-16(14)2/h12-13H,3-11H2,1-2H3. The quantitative estimate of drug-likeness (QED) is 0.575. The fourth-order valence-electron chi connectivity index (χ4n) is 2.07. The summed E-state index contributed by atoms with van der Waals surface area (Å²) in [5, 5.41) is 0. The molecule has 2 heteroatoms. The van der Waals surface area contributed by atoms with Crippen molar-refractivity contribution in [3.05, 3.63) is 18.2 Å². The summed E-state index contributed by atoms with van der Waals surface area (Å²) in [4.78, 5) is 4.13. The van der Waals surface area contributed by atoms with Gasteiger partial charge in [-0.3, -0.25) is 0 Å². The lowest BCUT2D eigenvalue weighted by atomic mass is 10.1. The molecule has 1 rings (SSSR count). The molecule has 0 aliphatic carbocycles. The summed E-state index contributed by atoms with van der Waals surface area (Å²) in [5.41, 5.74) is 1.37. The van der Waals surface area contributed by atoms with Gasteiger partial charge >= 0.3 is 0 Å². The van der Waals surface area contributed by atoms with Crippen molar-refractivity contribution >= 4 is 0 Å². The van der Waals surface area contributed by atoms with Crippen molar-refractivity contribution in [2.45, 2.75) is 64.7 Å². The van der Waals surface area contributed by atoms with Crippen LogP contribution in [0.2, 0.25) is 0 Å². The van der Waals surface area contributed by atoms with Crippen molar-refractivity contribution in [2.24, 2.45) is 7.05 Å². The van der Waals surface area contributed by atoms with Gasteiger partial charge in [-0.15, -0.1) is 0 Å². The van der Waals surface area contributed by atoms with Gasteiger partial charge in [0.05, 0.1) is 6.33 Å². The average Bonchev–Trinajstić information content (AvgIpc) is 2.68. The van der Waals surface area contributed by atoms with Crippen molar-refractivity contribution in [1.82, 2.24) is 9.55 Å². The van der Waals surface area contributed by atoms with E-state index in [9.17, 15) is 0 Å². The predicted molar refractivity (Wildman–Crippen MR) is 69.5 cm³/mol. The molecule has 0 bridgehead atoms. The van der Waals surface area contributed by atoms with Crippen LogP contribution in [-0.2, 0) is 13.5 Å². The van der Waals surface area contributed by atoms with E-state index in [0.29, 0.717) is 0 Å². The highest BCUT2D eigenvalue weighted by atomic mass is 15.0. The topological polar surface area (TPSA) is 17.8 Å². The Hall–Kier alpha value is -0.790. The molecule has 1 aromatic heterocycles. The van der Waals surface area contributed by atoms with Crippen LogP contribution in [0, 0.1) is 0 Å². The van der Waals surface area contributed by atoms with Crippen molar-refractivity contribution in [2.75, 3.05) is 0 Å². The number of hydrogen-bond donors (Lipinski definition) is 0. The van der Waals surface area contributed by atoms with Crippen LogP contribution >= 0.6 is 0 Å². The van der Waals surface area contributed by atoms with Crippen molar-refractivity contribution in [1.29, 1.82) is 0 Å². The number of imidazole rings is 1. The van der Waals surface area contributed by atoms with Crippen LogP contribution in [0.15, 0.2) is 12.5 Å². The maximum atomic E-state index is 4.13. The van der Waals surface area contributed by atoms with Gasteiger partial charge in [-0.1, -0.05) is 51.9 Å². The van der Waals surface area contributed by atoms with E-state index >= 15 is 0 Å². The van der Waals surface area contributed by atoms with E-state index < -0.39 is 0 Å². The summed E-state index contributed by atoms with van der Waals surface area (Å²) < 4.78 is 2.13. The highest BCUT2D eigenvalue weighted by Gasteiger charge is 1.97. The van der Waals surface area contributed by atoms with Gasteiger partial charge in [0.15, 0.2) is 0 Å². The molecule has 1 heterocycles. The lowest BCUT2D eigenvalue weighted by molar-refractivity contribution is 0.571. The highest BCUT2D eigenvalue weighted by molar-refractivity contribution is 4.97. The average molecular weight is 222 g/mol. The summed E-state index contributed by atoms with van der Waals surface area (Å²) in [7, 11) is 2.08. The molecule has 0 amide bonds. The summed E-state index contributed by atoms with van der Waals surface area (Å²) >= 11 is 0. The van der Waals surface area contributed by atoms with Gasteiger partial charge in [0, 0.05) is 18.9 Å². The van der Waals surface area contributed by atoms with Gasteiger partial charge < -0.3 is 4.57 Å². The fourth-order valence-corrected chi connectivity index (χ4v) is 2.07. The lowest BCUT2D eigenvalue weighted by Gasteiger charge is -2.02. The van der Waals surface area contributed by atoms with Crippen LogP contribution < -0.4 is 0 Å². The minimum Gasteiger partial charge on any atom is -0.338 e. The maximum Gasteiger partial charge on any atom is 0.0945 e. The largest absolute Gasteiger partial charge is 0.338 e. The third kappa shape index (κ3) is 5.34. The Kier molecular flexibility index (Phi) is 6.95. The fraction of sp³-hybridized carbons (Fsp3) is 0.786. The van der Waals surface area contributed by atoms with Gasteiger partial charge in [-0.25, -0.2) is 4.98 Å². The Labute approximate surface area is 100 Å². The summed E-state index contributed by atoms with van der Waals surface area (Å²) in [5.74, 6) is 0. The maximum absolute atomic E-state index is 4.13. The summed E-state index contributed by atoms with van der Waals surface area (Å²) in [6.07, 6.45) is 16.2. The molecule has 16 heavy (non-hydrogen) atoms. The molecule has 0 unspecified atom stereocenters. The molecule has 1 aromatic rings. The Morgan fingerprint density at radius 2 is 1.62 bits per heavy atom. The minimum absolute atomic E-state index is 1.19. The molecular weight excluding hydrogens is 196 g/mol. The van der Waals surface area contributed by atoms with E-state index in [0.717, 1.165) is 0 Å². The number of aromatic nitrogens is 2. The monoisotopic (exact) mass is 222 g/mol. The second-order valence-electron chi connectivity index (χ2n) is 4.72. The summed E-state index contributed by atoms with van der Waals surface area (Å²) in [6.45, 7) is 2.27. The number of aryl methyl sites for hydroxylation is 2. The van der Waals surface area contributed by atoms with E-state index in [4.69, 9.17) is 0 Å². The first-order valence-electron chi connectivity index (χ1n) is 6.79. The zero-order chi connectivity index (χ0) is 11.6. The van der Waals surface area contributed by atoms with Crippen molar-refractivity contribution < 1.29 is 0 Å². The Bertz CT molecular complexity index is 265. The van der Waals surface area contributed by atoms with Crippen molar-refractivity contribution in [3.63, 3.8) is 0 Å². The molecule has 0 atom stereocenters. The highest BCUT2D eigenvalue weighted by Crippen LogP contribution is 2.10. The molecule has 0 saturated carbocycles. The molecule has 0 saturated heterocycles. The number of hydrogen-bond acceptors (Lipinski definition) is 1. The first-order valence-corrected chi connectivity index (χ1v) is 6.79. The van der Waals surface area contributed by atoms with Crippen LogP contribution in [-0.4, -0.2) is 9.55 Å². The molecule has 0 aliphatic heterocycles. The number of nitrogens with zero attached hydrogens (tertiary/aromatic N) is 2. The Balaban J connectivity index is 1.91. The molecule has 0 aliphatic rings. The molecule has 0 aromatic carbocycles. The molecular formula is C14H26N2. The first kappa shape index (κ1) is 13.3. The van der Waals surface area contributed by atoms with Crippen LogP contribution in [0.4, 0.5) is 0 Å². The second kappa shape index (κ2) is 8.37. The molecule has 0 radical (unpaired) electrons. The van der Waals surface area contributed by atoms with E-state index in [1.54, 1.807) is 0 Å². The third-order valence-corrected chi connectivity index (χ3v) is 3.20. The lowest BCUT2D eigenvalue weighted by Crippen LogP contribution is -1.94. The smallest absolute Gasteiger partial charge is 0.0945 e. The van der Waals surface area contributed by atoms with Crippen LogP contribution in [0.25, 0.3) is 0 Å². The zero-order valence-electron chi connectivity index (χ0n) is 10.9. The number of unbranched alkanes of at least 4 members (excludes halogenated alkanes) is 7. The first-order chi connectivity index (χ1) is 7.84. The second-order valence-corrected chi connectivity index (χ2v) is 4.72. The van der Waals surface area contributed by atoms with Gasteiger partial charge in [-0.2, -0.15) is 0 Å². The molecule has 2 nitrogen and oxygen atoms in total. The summed E-state index contributed by atoms with van der Waals surface area (Å²) in [6, 6.07) is 0. The van der Waals surface area contributed by atoms with Crippen LogP contribution in [0.1, 0.15) is 64.0 Å². The van der Waals surface area contributed by atoms with Gasteiger partial charge in [-0.05, 0) is 12.8 Å². The van der Waals surface area contributed by atoms with Gasteiger partial charge in [0.1, 0.15) is 0 Å². The van der Waals surface area contributed by atoms with E-state index in [1.807, 2.05) is 12.5 Å². The number of rotatable bonds is 9. The molecule has 0 N–H and O–H groups in total. The molecule has 0 spiro atoms. The van der Waals surface area contributed by atoms with Crippen LogP contribution in [0.5, 0.6) is 0 Å². The van der Waals surface area contributed by atoms with Crippen molar-refractivity contribution in [3.8, 4) is 0 Å². The van der Waals surface area contributed by atoms with Crippen LogP contribution in [0.3, 0.4) is 0 Å². The van der Waals surface area contributed by atoms with E-state index in [-0.39, 0.29) is 0 Å². The van der Waals surface area contributed by atoms with Gasteiger partial charge in [0.2, 0.25) is 0 Å². The zero-order valence-corrected chi connectivity index (χ0v) is 10.9. The predicted octanol–water partition coefficient (Wildman–Crippen LogP) is 4.10.